The molecule has 1 amide bonds. The van der Waals surface area contributed by atoms with E-state index in [9.17, 15) is 9.59 Å². The Hall–Kier alpha value is -3.44. The number of amides is 1. The first-order valence-corrected chi connectivity index (χ1v) is 9.78. The lowest BCUT2D eigenvalue weighted by Crippen LogP contribution is -2.46. The van der Waals surface area contributed by atoms with E-state index in [2.05, 4.69) is 10.6 Å². The molecule has 0 saturated carbocycles. The Bertz CT molecular complexity index is 1100. The van der Waals surface area contributed by atoms with Crippen molar-refractivity contribution in [2.24, 2.45) is 0 Å². The topological polar surface area (TPSA) is 58.2 Å². The van der Waals surface area contributed by atoms with Crippen LogP contribution >= 0.6 is 11.3 Å². The third-order valence-corrected chi connectivity index (χ3v) is 5.30. The van der Waals surface area contributed by atoms with Crippen molar-refractivity contribution in [3.63, 3.8) is 0 Å². The van der Waals surface area contributed by atoms with Gasteiger partial charge in [0.2, 0.25) is 5.78 Å². The van der Waals surface area contributed by atoms with E-state index >= 15 is 0 Å². The van der Waals surface area contributed by atoms with Crippen LogP contribution in [0.2, 0.25) is 0 Å². The van der Waals surface area contributed by atoms with E-state index in [1.54, 1.807) is 18.2 Å². The summed E-state index contributed by atoms with van der Waals surface area (Å²) >= 11 is 1.34. The number of Topliss-reactive ketones (excluding diaryl/α,β-unsaturated/α-hetero) is 1. The maximum absolute atomic E-state index is 13.1. The highest BCUT2D eigenvalue weighted by atomic mass is 32.1. The minimum atomic E-state index is -0.886. The summed E-state index contributed by atoms with van der Waals surface area (Å²) in [5.74, 6) is -0.476. The van der Waals surface area contributed by atoms with Gasteiger partial charge < -0.3 is 10.6 Å². The number of benzene rings is 3. The molecule has 28 heavy (non-hydrogen) atoms. The third kappa shape index (κ3) is 3.80. The number of rotatable bonds is 6. The van der Waals surface area contributed by atoms with Gasteiger partial charge in [-0.25, -0.2) is 0 Å². The van der Waals surface area contributed by atoms with E-state index in [0.29, 0.717) is 10.4 Å². The molecule has 0 aliphatic carbocycles. The fourth-order valence-corrected chi connectivity index (χ4v) is 3.68. The van der Waals surface area contributed by atoms with Gasteiger partial charge in [0.15, 0.2) is 6.17 Å². The third-order valence-electron chi connectivity index (χ3n) is 4.43. The average molecular weight is 386 g/mol. The molecule has 0 fully saturated rings. The first-order valence-electron chi connectivity index (χ1n) is 8.90. The number of fused-ring (bicyclic) bond motifs is 1. The average Bonchev–Trinajstić information content (AvgIpc) is 3.29. The molecule has 0 spiro atoms. The van der Waals surface area contributed by atoms with Crippen molar-refractivity contribution < 1.29 is 9.59 Å². The number of hydrogen-bond acceptors (Lipinski definition) is 4. The molecule has 1 heterocycles. The number of anilines is 1. The summed E-state index contributed by atoms with van der Waals surface area (Å²) in [6.45, 7) is 0. The fourth-order valence-electron chi connectivity index (χ4n) is 3.05. The van der Waals surface area contributed by atoms with Gasteiger partial charge in [-0.15, -0.1) is 11.3 Å². The van der Waals surface area contributed by atoms with Crippen LogP contribution in [-0.4, -0.2) is 17.9 Å². The summed E-state index contributed by atoms with van der Waals surface area (Å²) in [5.41, 5.74) is 1.32. The van der Waals surface area contributed by atoms with E-state index in [-0.39, 0.29) is 11.7 Å². The van der Waals surface area contributed by atoms with Gasteiger partial charge in [-0.3, -0.25) is 9.59 Å². The second-order valence-corrected chi connectivity index (χ2v) is 7.23. The van der Waals surface area contributed by atoms with Gasteiger partial charge in [-0.1, -0.05) is 72.8 Å². The van der Waals surface area contributed by atoms with Crippen molar-refractivity contribution in [2.75, 3.05) is 5.32 Å². The summed E-state index contributed by atoms with van der Waals surface area (Å²) in [7, 11) is 0. The Kier molecular flexibility index (Phi) is 5.17. The van der Waals surface area contributed by atoms with E-state index < -0.39 is 6.17 Å². The minimum absolute atomic E-state index is 0.196. The molecular weight excluding hydrogens is 368 g/mol. The summed E-state index contributed by atoms with van der Waals surface area (Å²) in [6, 6.07) is 26.3. The first kappa shape index (κ1) is 17.9. The maximum Gasteiger partial charge on any atom is 0.263 e. The molecule has 4 nitrogen and oxygen atoms in total. The van der Waals surface area contributed by atoms with Gasteiger partial charge in [-0.05, 0) is 22.9 Å². The Balaban J connectivity index is 1.68. The predicted octanol–water partition coefficient (Wildman–Crippen LogP) is 4.95. The van der Waals surface area contributed by atoms with Crippen molar-refractivity contribution in [1.29, 1.82) is 0 Å². The Labute approximate surface area is 166 Å². The molecule has 0 bridgehead atoms. The van der Waals surface area contributed by atoms with Crippen molar-refractivity contribution in [1.82, 2.24) is 5.32 Å². The van der Waals surface area contributed by atoms with Crippen LogP contribution in [0.3, 0.4) is 0 Å². The first-order chi connectivity index (χ1) is 13.7. The molecule has 4 rings (SSSR count). The van der Waals surface area contributed by atoms with E-state index in [1.807, 2.05) is 72.1 Å². The van der Waals surface area contributed by atoms with Crippen molar-refractivity contribution in [2.45, 2.75) is 6.17 Å². The summed E-state index contributed by atoms with van der Waals surface area (Å²) < 4.78 is 0. The minimum Gasteiger partial charge on any atom is -0.358 e. The second kappa shape index (κ2) is 8.06. The summed E-state index contributed by atoms with van der Waals surface area (Å²) in [6.07, 6.45) is -0.886. The van der Waals surface area contributed by atoms with Crippen LogP contribution in [0.1, 0.15) is 20.0 Å². The standard InChI is InChI=1S/C23H18N2O2S/c26-21(17-9-2-1-3-10-17)22(25-23(27)20-14-7-15-28-20)24-19-13-6-11-16-8-4-5-12-18(16)19/h1-15,22,24H,(H,25,27)/t22-/m1/s1. The summed E-state index contributed by atoms with van der Waals surface area (Å²) in [4.78, 5) is 26.3. The van der Waals surface area contributed by atoms with Crippen LogP contribution in [0.15, 0.2) is 90.3 Å². The van der Waals surface area contributed by atoms with E-state index in [0.717, 1.165) is 16.5 Å². The Morgan fingerprint density at radius 2 is 1.54 bits per heavy atom. The zero-order chi connectivity index (χ0) is 19.3. The van der Waals surface area contributed by atoms with E-state index in [1.165, 1.54) is 11.3 Å². The number of carbonyl (C=O) groups is 2. The van der Waals surface area contributed by atoms with Crippen LogP contribution in [0.4, 0.5) is 5.69 Å². The lowest BCUT2D eigenvalue weighted by molar-refractivity contribution is 0.0872. The molecule has 0 unspecified atom stereocenters. The quantitative estimate of drug-likeness (QED) is 0.364. The van der Waals surface area contributed by atoms with Crippen molar-refractivity contribution >= 4 is 39.5 Å². The highest BCUT2D eigenvalue weighted by Gasteiger charge is 2.23. The zero-order valence-electron chi connectivity index (χ0n) is 15.0. The van der Waals surface area contributed by atoms with Gasteiger partial charge in [0.25, 0.3) is 5.91 Å². The highest BCUT2D eigenvalue weighted by molar-refractivity contribution is 7.12. The second-order valence-electron chi connectivity index (χ2n) is 6.29. The lowest BCUT2D eigenvalue weighted by Gasteiger charge is -2.21. The largest absolute Gasteiger partial charge is 0.358 e. The SMILES string of the molecule is O=C(N[C@@H](Nc1cccc2ccccc12)C(=O)c1ccccc1)c1cccs1. The number of carbonyl (C=O) groups excluding carboxylic acids is 2. The predicted molar refractivity (Wildman–Crippen MR) is 114 cm³/mol. The molecule has 0 radical (unpaired) electrons. The smallest absolute Gasteiger partial charge is 0.263 e. The summed E-state index contributed by atoms with van der Waals surface area (Å²) in [5, 5.41) is 9.96. The van der Waals surface area contributed by atoms with Crippen molar-refractivity contribution in [3.8, 4) is 0 Å². The van der Waals surface area contributed by atoms with Gasteiger partial charge >= 0.3 is 0 Å². The van der Waals surface area contributed by atoms with Crippen LogP contribution < -0.4 is 10.6 Å². The van der Waals surface area contributed by atoms with Gasteiger partial charge in [0, 0.05) is 16.6 Å². The normalized spacial score (nSPS) is 11.7. The van der Waals surface area contributed by atoms with E-state index in [4.69, 9.17) is 0 Å². The molecule has 2 N–H and O–H groups in total. The molecule has 138 valence electrons. The highest BCUT2D eigenvalue weighted by Crippen LogP contribution is 2.24. The molecule has 1 aromatic heterocycles. The molecule has 0 aliphatic heterocycles. The Morgan fingerprint density at radius 1 is 0.786 bits per heavy atom. The molecule has 3 aromatic carbocycles. The molecule has 1 atom stereocenters. The molecule has 5 heteroatoms. The Morgan fingerprint density at radius 3 is 2.32 bits per heavy atom. The van der Waals surface area contributed by atoms with Crippen molar-refractivity contribution in [3.05, 3.63) is 101 Å². The maximum atomic E-state index is 13.1. The number of ketones is 1. The van der Waals surface area contributed by atoms with Crippen LogP contribution in [-0.2, 0) is 0 Å². The van der Waals surface area contributed by atoms with Gasteiger partial charge in [0.05, 0.1) is 4.88 Å². The molecule has 0 saturated heterocycles. The van der Waals surface area contributed by atoms with Crippen LogP contribution in [0, 0.1) is 0 Å². The zero-order valence-corrected chi connectivity index (χ0v) is 15.8. The van der Waals surface area contributed by atoms with Crippen LogP contribution in [0.5, 0.6) is 0 Å². The van der Waals surface area contributed by atoms with Gasteiger partial charge in [0.1, 0.15) is 0 Å². The lowest BCUT2D eigenvalue weighted by atomic mass is 10.1. The number of nitrogens with one attached hydrogen (secondary N) is 2. The molecule has 4 aromatic rings. The number of hydrogen-bond donors (Lipinski definition) is 2. The number of thiophene rings is 1. The molecular formula is C23H18N2O2S. The van der Waals surface area contributed by atoms with Gasteiger partial charge in [-0.2, -0.15) is 0 Å². The molecule has 0 aliphatic rings. The fraction of sp³-hybridized carbons (Fsp3) is 0.0435. The van der Waals surface area contributed by atoms with Crippen LogP contribution in [0.25, 0.3) is 10.8 Å². The monoisotopic (exact) mass is 386 g/mol.